The molecule has 2 aromatic rings. The highest BCUT2D eigenvalue weighted by molar-refractivity contribution is 5.77. The second-order valence-corrected chi connectivity index (χ2v) is 6.91. The molecular formula is C20H28N2O3. The van der Waals surface area contributed by atoms with Gasteiger partial charge in [0.15, 0.2) is 0 Å². The highest BCUT2D eigenvalue weighted by Gasteiger charge is 2.29. The maximum atomic E-state index is 13.0. The van der Waals surface area contributed by atoms with E-state index in [0.717, 1.165) is 60.8 Å². The topological polar surface area (TPSA) is 59.5 Å². The molecule has 0 bridgehead atoms. The number of aryl methyl sites for hydroxylation is 3. The summed E-state index contributed by atoms with van der Waals surface area (Å²) in [5.41, 5.74) is 1.95. The molecule has 0 radical (unpaired) electrons. The van der Waals surface area contributed by atoms with Gasteiger partial charge in [-0.25, -0.2) is 0 Å². The smallest absolute Gasteiger partial charge is 0.223 e. The van der Waals surface area contributed by atoms with E-state index in [1.807, 2.05) is 30.9 Å². The predicted molar refractivity (Wildman–Crippen MR) is 95.3 cm³/mol. The first-order valence-corrected chi connectivity index (χ1v) is 9.40. The number of hydrogen-bond acceptors (Lipinski definition) is 4. The summed E-state index contributed by atoms with van der Waals surface area (Å²) >= 11 is 0. The normalized spacial score (nSPS) is 18.4. The zero-order valence-corrected chi connectivity index (χ0v) is 15.5. The van der Waals surface area contributed by atoms with Gasteiger partial charge in [-0.3, -0.25) is 4.79 Å². The van der Waals surface area contributed by atoms with Crippen LogP contribution in [0.4, 0.5) is 0 Å². The summed E-state index contributed by atoms with van der Waals surface area (Å²) in [7, 11) is 0. The van der Waals surface area contributed by atoms with Gasteiger partial charge in [0.05, 0.1) is 11.7 Å². The van der Waals surface area contributed by atoms with Gasteiger partial charge >= 0.3 is 0 Å². The molecule has 5 nitrogen and oxygen atoms in total. The zero-order valence-electron chi connectivity index (χ0n) is 15.5. The van der Waals surface area contributed by atoms with E-state index in [1.54, 1.807) is 0 Å². The number of hydrogen-bond donors (Lipinski definition) is 0. The van der Waals surface area contributed by atoms with Crippen LogP contribution in [0.5, 0.6) is 0 Å². The van der Waals surface area contributed by atoms with Crippen LogP contribution in [0.1, 0.15) is 73.6 Å². The molecule has 25 heavy (non-hydrogen) atoms. The van der Waals surface area contributed by atoms with E-state index in [9.17, 15) is 4.79 Å². The van der Waals surface area contributed by atoms with Gasteiger partial charge in [-0.2, -0.15) is 0 Å². The number of aromatic nitrogens is 1. The first-order valence-electron chi connectivity index (χ1n) is 9.40. The third kappa shape index (κ3) is 3.97. The molecule has 1 saturated heterocycles. The highest BCUT2D eigenvalue weighted by atomic mass is 16.5. The maximum absolute atomic E-state index is 13.0. The Balaban J connectivity index is 1.73. The molecule has 1 fully saturated rings. The molecule has 0 spiro atoms. The summed E-state index contributed by atoms with van der Waals surface area (Å²) in [5.74, 6) is 2.93. The Morgan fingerprint density at radius 3 is 2.80 bits per heavy atom. The van der Waals surface area contributed by atoms with Gasteiger partial charge in [0.1, 0.15) is 17.3 Å². The largest absolute Gasteiger partial charge is 0.464 e. The molecule has 1 amide bonds. The Morgan fingerprint density at radius 1 is 1.28 bits per heavy atom. The molecule has 3 rings (SSSR count). The van der Waals surface area contributed by atoms with E-state index < -0.39 is 0 Å². The fraction of sp³-hybridized carbons (Fsp3) is 0.600. The van der Waals surface area contributed by atoms with Crippen LogP contribution in [0.25, 0.3) is 0 Å². The van der Waals surface area contributed by atoms with Crippen LogP contribution < -0.4 is 0 Å². The third-order valence-corrected chi connectivity index (χ3v) is 5.20. The van der Waals surface area contributed by atoms with Crippen molar-refractivity contribution in [2.75, 3.05) is 6.54 Å². The van der Waals surface area contributed by atoms with Crippen molar-refractivity contribution < 1.29 is 13.7 Å². The van der Waals surface area contributed by atoms with Crippen LogP contribution in [0.3, 0.4) is 0 Å². The Hall–Kier alpha value is -2.04. The van der Waals surface area contributed by atoms with Crippen LogP contribution >= 0.6 is 0 Å². The minimum Gasteiger partial charge on any atom is -0.464 e. The lowest BCUT2D eigenvalue weighted by Crippen LogP contribution is -2.34. The standard InChI is InChI=1S/C20H28N2O3/c1-4-16-9-11-19(24-16)18-8-6-5-7-13-22(18)20(23)12-10-17-14(2)21-25-15(17)3/h9,11,18H,4-8,10,12-13H2,1-3H3/t18-/m0/s1. The first-order chi connectivity index (χ1) is 12.1. The van der Waals surface area contributed by atoms with Crippen molar-refractivity contribution in [2.24, 2.45) is 0 Å². The van der Waals surface area contributed by atoms with E-state index in [4.69, 9.17) is 8.94 Å². The molecule has 0 aromatic carbocycles. The van der Waals surface area contributed by atoms with E-state index in [-0.39, 0.29) is 11.9 Å². The van der Waals surface area contributed by atoms with Crippen molar-refractivity contribution in [1.82, 2.24) is 10.1 Å². The van der Waals surface area contributed by atoms with E-state index in [1.165, 1.54) is 6.42 Å². The van der Waals surface area contributed by atoms with Crippen molar-refractivity contribution in [3.8, 4) is 0 Å². The highest BCUT2D eigenvalue weighted by Crippen LogP contribution is 2.32. The molecular weight excluding hydrogens is 316 g/mol. The maximum Gasteiger partial charge on any atom is 0.223 e. The van der Waals surface area contributed by atoms with Crippen molar-refractivity contribution in [2.45, 2.75) is 71.8 Å². The minimum absolute atomic E-state index is 0.0694. The summed E-state index contributed by atoms with van der Waals surface area (Å²) < 4.78 is 11.2. The fourth-order valence-electron chi connectivity index (χ4n) is 3.70. The average molecular weight is 344 g/mol. The molecule has 136 valence electrons. The second kappa shape index (κ2) is 7.89. The summed E-state index contributed by atoms with van der Waals surface area (Å²) in [6.07, 6.45) is 6.41. The summed E-state index contributed by atoms with van der Waals surface area (Å²) in [4.78, 5) is 15.0. The van der Waals surface area contributed by atoms with Crippen molar-refractivity contribution in [3.05, 3.63) is 40.7 Å². The molecule has 1 aliphatic heterocycles. The van der Waals surface area contributed by atoms with Gasteiger partial charge < -0.3 is 13.8 Å². The number of likely N-dealkylation sites (tertiary alicyclic amines) is 1. The van der Waals surface area contributed by atoms with Crippen LogP contribution in [-0.2, 0) is 17.6 Å². The van der Waals surface area contributed by atoms with Gasteiger partial charge in [0.25, 0.3) is 0 Å². The summed E-state index contributed by atoms with van der Waals surface area (Å²) in [6, 6.07) is 4.15. The molecule has 1 atom stereocenters. The Morgan fingerprint density at radius 2 is 2.12 bits per heavy atom. The molecule has 0 saturated carbocycles. The monoisotopic (exact) mass is 344 g/mol. The predicted octanol–water partition coefficient (Wildman–Crippen LogP) is 4.52. The van der Waals surface area contributed by atoms with Crippen LogP contribution in [0.2, 0.25) is 0 Å². The molecule has 3 heterocycles. The Labute approximate surface area is 149 Å². The van der Waals surface area contributed by atoms with E-state index in [0.29, 0.717) is 12.8 Å². The van der Waals surface area contributed by atoms with Gasteiger partial charge in [-0.15, -0.1) is 0 Å². The molecule has 1 aliphatic rings. The number of amides is 1. The van der Waals surface area contributed by atoms with Crippen LogP contribution in [-0.4, -0.2) is 22.5 Å². The lowest BCUT2D eigenvalue weighted by molar-refractivity contribution is -0.134. The number of carbonyl (C=O) groups is 1. The lowest BCUT2D eigenvalue weighted by Gasteiger charge is -2.29. The summed E-state index contributed by atoms with van der Waals surface area (Å²) in [6.45, 7) is 6.74. The van der Waals surface area contributed by atoms with Crippen molar-refractivity contribution in [1.29, 1.82) is 0 Å². The number of nitrogens with zero attached hydrogens (tertiary/aromatic N) is 2. The number of furan rings is 1. The van der Waals surface area contributed by atoms with Gasteiger partial charge in [0, 0.05) is 24.9 Å². The zero-order chi connectivity index (χ0) is 17.8. The van der Waals surface area contributed by atoms with Crippen LogP contribution in [0.15, 0.2) is 21.1 Å². The second-order valence-electron chi connectivity index (χ2n) is 6.91. The third-order valence-electron chi connectivity index (χ3n) is 5.20. The SMILES string of the molecule is CCc1ccc([C@@H]2CCCCCN2C(=O)CCc2c(C)noc2C)o1. The van der Waals surface area contributed by atoms with Gasteiger partial charge in [-0.05, 0) is 45.2 Å². The Kier molecular flexibility index (Phi) is 5.61. The Bertz CT molecular complexity index is 697. The van der Waals surface area contributed by atoms with E-state index >= 15 is 0 Å². The number of carbonyl (C=O) groups excluding carboxylic acids is 1. The molecule has 0 N–H and O–H groups in total. The van der Waals surface area contributed by atoms with Gasteiger partial charge in [-0.1, -0.05) is 24.9 Å². The summed E-state index contributed by atoms with van der Waals surface area (Å²) in [5, 5.41) is 3.98. The average Bonchev–Trinajstić information content (AvgIpc) is 3.12. The fourth-order valence-corrected chi connectivity index (χ4v) is 3.70. The van der Waals surface area contributed by atoms with Crippen molar-refractivity contribution >= 4 is 5.91 Å². The molecule has 5 heteroatoms. The van der Waals surface area contributed by atoms with Crippen LogP contribution in [0, 0.1) is 13.8 Å². The molecule has 0 aliphatic carbocycles. The van der Waals surface area contributed by atoms with Crippen molar-refractivity contribution in [3.63, 3.8) is 0 Å². The van der Waals surface area contributed by atoms with E-state index in [2.05, 4.69) is 12.1 Å². The first kappa shape index (κ1) is 17.8. The molecule has 2 aromatic heterocycles. The molecule has 0 unspecified atom stereocenters. The van der Waals surface area contributed by atoms with Gasteiger partial charge in [0.2, 0.25) is 5.91 Å². The lowest BCUT2D eigenvalue weighted by atomic mass is 10.1. The quantitative estimate of drug-likeness (QED) is 0.800. The number of rotatable bonds is 5. The minimum atomic E-state index is 0.0694.